The Morgan fingerprint density at radius 1 is 1.23 bits per heavy atom. The number of terminal acetylenes is 1. The van der Waals surface area contributed by atoms with E-state index < -0.39 is 11.1 Å². The lowest BCUT2D eigenvalue weighted by Gasteiger charge is -2.15. The van der Waals surface area contributed by atoms with Gasteiger partial charge in [-0.1, -0.05) is 29.7 Å². The third-order valence-electron chi connectivity index (χ3n) is 4.05. The number of imide groups is 1. The van der Waals surface area contributed by atoms with Crippen LogP contribution in [-0.4, -0.2) is 29.2 Å². The van der Waals surface area contributed by atoms with Crippen LogP contribution in [0.1, 0.15) is 18.1 Å². The Kier molecular flexibility index (Phi) is 7.03. The second-order valence-electron chi connectivity index (χ2n) is 6.15. The normalized spacial score (nSPS) is 14.9. The van der Waals surface area contributed by atoms with Crippen LogP contribution in [0.4, 0.5) is 9.18 Å². The van der Waals surface area contributed by atoms with Gasteiger partial charge in [0.2, 0.25) is 0 Å². The number of carbonyl (C=O) groups is 2. The highest BCUT2D eigenvalue weighted by Gasteiger charge is 2.34. The lowest BCUT2D eigenvalue weighted by molar-refractivity contribution is -0.122. The lowest BCUT2D eigenvalue weighted by Crippen LogP contribution is -2.28. The van der Waals surface area contributed by atoms with Crippen LogP contribution in [0.5, 0.6) is 11.5 Å². The fourth-order valence-corrected chi connectivity index (χ4v) is 3.80. The average Bonchev–Trinajstić information content (AvgIpc) is 2.97. The zero-order valence-corrected chi connectivity index (χ0v) is 17.6. The molecule has 0 radical (unpaired) electrons. The summed E-state index contributed by atoms with van der Waals surface area (Å²) >= 11 is 7.21. The molecule has 1 saturated heterocycles. The van der Waals surface area contributed by atoms with E-state index in [1.54, 1.807) is 30.3 Å². The molecule has 0 spiro atoms. The molecule has 0 aromatic heterocycles. The Balaban J connectivity index is 1.86. The maximum atomic E-state index is 13.1. The van der Waals surface area contributed by atoms with Gasteiger partial charge < -0.3 is 9.47 Å². The minimum Gasteiger partial charge on any atom is -0.490 e. The van der Waals surface area contributed by atoms with Crippen LogP contribution >= 0.6 is 23.4 Å². The van der Waals surface area contributed by atoms with E-state index in [0.29, 0.717) is 23.7 Å². The molecule has 1 aliphatic heterocycles. The topological polar surface area (TPSA) is 55.8 Å². The van der Waals surface area contributed by atoms with Crippen molar-refractivity contribution >= 4 is 40.6 Å². The Bertz CT molecular complexity index is 1050. The maximum Gasteiger partial charge on any atom is 0.294 e. The summed E-state index contributed by atoms with van der Waals surface area (Å²) in [4.78, 5) is 25.6. The van der Waals surface area contributed by atoms with Crippen molar-refractivity contribution in [2.45, 2.75) is 13.5 Å². The van der Waals surface area contributed by atoms with Gasteiger partial charge in [0.25, 0.3) is 11.1 Å². The van der Waals surface area contributed by atoms with Crippen molar-refractivity contribution in [2.24, 2.45) is 0 Å². The monoisotopic (exact) mass is 445 g/mol. The van der Waals surface area contributed by atoms with Crippen LogP contribution in [0.3, 0.4) is 0 Å². The van der Waals surface area contributed by atoms with E-state index in [-0.39, 0.29) is 28.9 Å². The summed E-state index contributed by atoms with van der Waals surface area (Å²) in [6.45, 7) is 2.27. The van der Waals surface area contributed by atoms with Crippen molar-refractivity contribution in [3.8, 4) is 23.8 Å². The molecule has 1 aliphatic rings. The van der Waals surface area contributed by atoms with E-state index in [0.717, 1.165) is 22.2 Å². The number of halogens is 2. The summed E-state index contributed by atoms with van der Waals surface area (Å²) in [7, 11) is 0. The molecular weight excluding hydrogens is 429 g/mol. The number of hydrogen-bond donors (Lipinski definition) is 0. The molecule has 2 amide bonds. The molecule has 8 heteroatoms. The number of benzene rings is 2. The van der Waals surface area contributed by atoms with E-state index in [9.17, 15) is 14.0 Å². The molecule has 0 saturated carbocycles. The number of nitrogens with zero attached hydrogens (tertiary/aromatic N) is 1. The molecule has 2 aromatic carbocycles. The fraction of sp³-hybridized carbons (Fsp3) is 0.182. The van der Waals surface area contributed by atoms with Crippen molar-refractivity contribution in [3.63, 3.8) is 0 Å². The molecule has 2 aromatic rings. The van der Waals surface area contributed by atoms with Gasteiger partial charge >= 0.3 is 0 Å². The van der Waals surface area contributed by atoms with Gasteiger partial charge in [-0.3, -0.25) is 14.5 Å². The minimum atomic E-state index is -0.450. The zero-order chi connectivity index (χ0) is 21.7. The van der Waals surface area contributed by atoms with Crippen molar-refractivity contribution in [2.75, 3.05) is 13.2 Å². The first-order valence-corrected chi connectivity index (χ1v) is 10.1. The number of amides is 2. The van der Waals surface area contributed by atoms with E-state index in [2.05, 4.69) is 5.92 Å². The highest BCUT2D eigenvalue weighted by molar-refractivity contribution is 8.18. The van der Waals surface area contributed by atoms with Crippen LogP contribution in [-0.2, 0) is 11.4 Å². The molecule has 1 fully saturated rings. The third kappa shape index (κ3) is 4.96. The third-order valence-corrected chi connectivity index (χ3v) is 5.24. The van der Waals surface area contributed by atoms with Crippen LogP contribution < -0.4 is 9.47 Å². The summed E-state index contributed by atoms with van der Waals surface area (Å²) in [5.74, 6) is 2.24. The van der Waals surface area contributed by atoms with Gasteiger partial charge in [-0.25, -0.2) is 4.39 Å². The Labute approximate surface area is 182 Å². The second kappa shape index (κ2) is 9.70. The van der Waals surface area contributed by atoms with Crippen LogP contribution in [0.2, 0.25) is 5.02 Å². The van der Waals surface area contributed by atoms with Gasteiger partial charge in [-0.05, 0) is 60.2 Å². The molecule has 0 N–H and O–H groups in total. The van der Waals surface area contributed by atoms with Gasteiger partial charge in [0, 0.05) is 0 Å². The predicted molar refractivity (Wildman–Crippen MR) is 115 cm³/mol. The standard InChI is InChI=1S/C22H17ClFNO4S/c1-3-9-25-21(26)19(30-22(25)27)12-15-10-17(23)20(18(11-15)28-4-2)29-13-14-5-7-16(24)8-6-14/h1,5-8,10-12H,4,9,13H2,2H3/b19-12+. The first-order chi connectivity index (χ1) is 14.4. The summed E-state index contributed by atoms with van der Waals surface area (Å²) in [6, 6.07) is 9.21. The molecule has 0 aliphatic carbocycles. The van der Waals surface area contributed by atoms with Crippen LogP contribution in [0, 0.1) is 18.2 Å². The van der Waals surface area contributed by atoms with Crippen LogP contribution in [0.25, 0.3) is 6.08 Å². The maximum absolute atomic E-state index is 13.1. The minimum absolute atomic E-state index is 0.0802. The first kappa shape index (κ1) is 21.8. The van der Waals surface area contributed by atoms with E-state index in [1.165, 1.54) is 12.1 Å². The average molecular weight is 446 g/mol. The molecule has 154 valence electrons. The van der Waals surface area contributed by atoms with Gasteiger partial charge in [-0.2, -0.15) is 0 Å². The van der Waals surface area contributed by atoms with Gasteiger partial charge in [-0.15, -0.1) is 6.42 Å². The van der Waals surface area contributed by atoms with Crippen molar-refractivity contribution < 1.29 is 23.5 Å². The van der Waals surface area contributed by atoms with Gasteiger partial charge in [0.15, 0.2) is 11.5 Å². The number of hydrogen-bond acceptors (Lipinski definition) is 5. The lowest BCUT2D eigenvalue weighted by atomic mass is 10.1. The summed E-state index contributed by atoms with van der Waals surface area (Å²) < 4.78 is 24.5. The fourth-order valence-electron chi connectivity index (χ4n) is 2.69. The first-order valence-electron chi connectivity index (χ1n) is 8.95. The Morgan fingerprint density at radius 3 is 2.63 bits per heavy atom. The molecule has 1 heterocycles. The van der Waals surface area contributed by atoms with Crippen molar-refractivity contribution in [1.82, 2.24) is 4.90 Å². The highest BCUT2D eigenvalue weighted by atomic mass is 35.5. The molecule has 0 bridgehead atoms. The molecule has 30 heavy (non-hydrogen) atoms. The summed E-state index contributed by atoms with van der Waals surface area (Å²) in [5, 5.41) is -0.142. The summed E-state index contributed by atoms with van der Waals surface area (Å²) in [5.41, 5.74) is 1.34. The largest absolute Gasteiger partial charge is 0.490 e. The molecule has 3 rings (SSSR count). The Morgan fingerprint density at radius 2 is 1.97 bits per heavy atom. The van der Waals surface area contributed by atoms with Crippen molar-refractivity contribution in [1.29, 1.82) is 0 Å². The number of thioether (sulfide) groups is 1. The summed E-state index contributed by atoms with van der Waals surface area (Å²) in [6.07, 6.45) is 6.76. The Hall–Kier alpha value is -2.95. The number of ether oxygens (including phenoxy) is 2. The van der Waals surface area contributed by atoms with E-state index >= 15 is 0 Å². The van der Waals surface area contributed by atoms with Gasteiger partial charge in [0.1, 0.15) is 12.4 Å². The second-order valence-corrected chi connectivity index (χ2v) is 7.55. The van der Waals surface area contributed by atoms with Crippen LogP contribution in [0.15, 0.2) is 41.3 Å². The predicted octanol–water partition coefficient (Wildman–Crippen LogP) is 5.13. The molecule has 5 nitrogen and oxygen atoms in total. The molecular formula is C22H17ClFNO4S. The SMILES string of the molecule is C#CCN1C(=O)S/C(=C/c2cc(Cl)c(OCc3ccc(F)cc3)c(OCC)c2)C1=O. The van der Waals surface area contributed by atoms with Crippen molar-refractivity contribution in [3.05, 3.63) is 63.3 Å². The number of rotatable bonds is 7. The number of carbonyl (C=O) groups excluding carboxylic acids is 2. The molecule has 0 atom stereocenters. The zero-order valence-electron chi connectivity index (χ0n) is 16.0. The highest BCUT2D eigenvalue weighted by Crippen LogP contribution is 2.39. The van der Waals surface area contributed by atoms with E-state index in [1.807, 2.05) is 6.92 Å². The molecule has 0 unspecified atom stereocenters. The van der Waals surface area contributed by atoms with Gasteiger partial charge in [0.05, 0.1) is 23.1 Å². The quantitative estimate of drug-likeness (QED) is 0.437. The van der Waals surface area contributed by atoms with E-state index in [4.69, 9.17) is 27.5 Å². The smallest absolute Gasteiger partial charge is 0.294 e.